The van der Waals surface area contributed by atoms with Crippen LogP contribution in [0.5, 0.6) is 5.75 Å². The molecule has 3 aromatic carbocycles. The molecule has 0 atom stereocenters. The van der Waals surface area contributed by atoms with Crippen LogP contribution >= 0.6 is 0 Å². The van der Waals surface area contributed by atoms with E-state index in [4.69, 9.17) is 14.2 Å². The summed E-state index contributed by atoms with van der Waals surface area (Å²) < 4.78 is 15.6. The van der Waals surface area contributed by atoms with Gasteiger partial charge in [0.1, 0.15) is 5.75 Å². The summed E-state index contributed by atoms with van der Waals surface area (Å²) in [6.07, 6.45) is 7.31. The molecule has 0 bridgehead atoms. The summed E-state index contributed by atoms with van der Waals surface area (Å²) >= 11 is 0. The maximum Gasteiger partial charge on any atom is 0.119 e. The highest BCUT2D eigenvalue weighted by Gasteiger charge is 2.09. The van der Waals surface area contributed by atoms with Crippen molar-refractivity contribution in [3.8, 4) is 16.9 Å². The Bertz CT molecular complexity index is 923. The number of hydrogen-bond acceptors (Lipinski definition) is 3. The molecule has 0 radical (unpaired) electrons. The third-order valence-electron chi connectivity index (χ3n) is 4.23. The second-order valence-electron chi connectivity index (χ2n) is 5.82. The summed E-state index contributed by atoms with van der Waals surface area (Å²) in [4.78, 5) is 0. The summed E-state index contributed by atoms with van der Waals surface area (Å²) in [6.45, 7) is 0. The van der Waals surface area contributed by atoms with Crippen molar-refractivity contribution < 1.29 is 14.2 Å². The first-order chi connectivity index (χ1) is 12.8. The van der Waals surface area contributed by atoms with Crippen molar-refractivity contribution in [1.29, 1.82) is 0 Å². The summed E-state index contributed by atoms with van der Waals surface area (Å²) in [5, 5.41) is 2.31. The van der Waals surface area contributed by atoms with Gasteiger partial charge >= 0.3 is 0 Å². The Morgan fingerprint density at radius 2 is 1.35 bits per heavy atom. The molecule has 3 aromatic rings. The monoisotopic (exact) mass is 346 g/mol. The molecule has 0 aromatic heterocycles. The largest absolute Gasteiger partial charge is 0.504 e. The van der Waals surface area contributed by atoms with Gasteiger partial charge in [-0.3, -0.25) is 0 Å². The number of rotatable bonds is 6. The summed E-state index contributed by atoms with van der Waals surface area (Å²) in [7, 11) is 4.98. The Hall–Kier alpha value is -3.20. The topological polar surface area (TPSA) is 27.7 Å². The smallest absolute Gasteiger partial charge is 0.119 e. The van der Waals surface area contributed by atoms with Crippen LogP contribution in [0.1, 0.15) is 11.1 Å². The van der Waals surface area contributed by atoms with Crippen LogP contribution in [0.4, 0.5) is 0 Å². The molecule has 0 amide bonds. The molecule has 0 saturated carbocycles. The predicted molar refractivity (Wildman–Crippen MR) is 108 cm³/mol. The van der Waals surface area contributed by atoms with Gasteiger partial charge in [0, 0.05) is 0 Å². The van der Waals surface area contributed by atoms with E-state index in [-0.39, 0.29) is 0 Å². The van der Waals surface area contributed by atoms with Crippen molar-refractivity contribution in [3.63, 3.8) is 0 Å². The zero-order valence-electron chi connectivity index (χ0n) is 15.2. The molecule has 0 heterocycles. The minimum Gasteiger partial charge on any atom is -0.504 e. The van der Waals surface area contributed by atoms with Crippen molar-refractivity contribution in [2.75, 3.05) is 21.3 Å². The average Bonchev–Trinajstić information content (AvgIpc) is 2.69. The SMILES string of the molecule is CO/C=C/c1cccc(/C=C/OC)c1-c1ccc2ccc(OC)cc2c1. The Balaban J connectivity index is 2.21. The summed E-state index contributed by atoms with van der Waals surface area (Å²) in [5.74, 6) is 0.849. The van der Waals surface area contributed by atoms with Crippen molar-refractivity contribution in [2.45, 2.75) is 0 Å². The lowest BCUT2D eigenvalue weighted by Gasteiger charge is -2.12. The Morgan fingerprint density at radius 1 is 0.692 bits per heavy atom. The van der Waals surface area contributed by atoms with Crippen LogP contribution in [-0.2, 0) is 9.47 Å². The maximum absolute atomic E-state index is 5.37. The van der Waals surface area contributed by atoms with E-state index in [1.807, 2.05) is 24.3 Å². The van der Waals surface area contributed by atoms with Crippen molar-refractivity contribution >= 4 is 22.9 Å². The van der Waals surface area contributed by atoms with Crippen LogP contribution < -0.4 is 4.74 Å². The molecule has 0 spiro atoms. The van der Waals surface area contributed by atoms with E-state index in [0.29, 0.717) is 0 Å². The Labute approximate surface area is 154 Å². The van der Waals surface area contributed by atoms with E-state index < -0.39 is 0 Å². The highest BCUT2D eigenvalue weighted by atomic mass is 16.5. The van der Waals surface area contributed by atoms with Gasteiger partial charge in [0.15, 0.2) is 0 Å². The molecular weight excluding hydrogens is 324 g/mol. The number of benzene rings is 3. The van der Waals surface area contributed by atoms with Crippen LogP contribution in [0, 0.1) is 0 Å². The molecule has 3 rings (SSSR count). The van der Waals surface area contributed by atoms with Gasteiger partial charge in [-0.25, -0.2) is 0 Å². The first-order valence-electron chi connectivity index (χ1n) is 8.36. The minimum atomic E-state index is 0.849. The van der Waals surface area contributed by atoms with Crippen LogP contribution in [0.3, 0.4) is 0 Å². The molecule has 0 saturated heterocycles. The molecule has 132 valence electrons. The lowest BCUT2D eigenvalue weighted by molar-refractivity contribution is 0.341. The van der Waals surface area contributed by atoms with Gasteiger partial charge in [0.2, 0.25) is 0 Å². The maximum atomic E-state index is 5.37. The van der Waals surface area contributed by atoms with Gasteiger partial charge in [-0.15, -0.1) is 0 Å². The first kappa shape index (κ1) is 17.6. The van der Waals surface area contributed by atoms with Crippen LogP contribution in [0.15, 0.2) is 67.1 Å². The number of methoxy groups -OCH3 is 3. The molecule has 0 aliphatic rings. The summed E-state index contributed by atoms with van der Waals surface area (Å²) in [6, 6.07) is 18.7. The zero-order valence-corrected chi connectivity index (χ0v) is 15.2. The van der Waals surface area contributed by atoms with Crippen molar-refractivity contribution in [2.24, 2.45) is 0 Å². The normalized spacial score (nSPS) is 11.3. The van der Waals surface area contributed by atoms with Crippen LogP contribution in [-0.4, -0.2) is 21.3 Å². The highest BCUT2D eigenvalue weighted by Crippen LogP contribution is 2.33. The fourth-order valence-electron chi connectivity index (χ4n) is 2.99. The quantitative estimate of drug-likeness (QED) is 0.532. The van der Waals surface area contributed by atoms with E-state index in [1.54, 1.807) is 33.9 Å². The fraction of sp³-hybridized carbons (Fsp3) is 0.130. The Kier molecular flexibility index (Phi) is 5.59. The molecule has 0 fully saturated rings. The minimum absolute atomic E-state index is 0.849. The van der Waals surface area contributed by atoms with E-state index in [1.165, 1.54) is 5.39 Å². The molecular formula is C23H22O3. The van der Waals surface area contributed by atoms with Gasteiger partial charge in [-0.05, 0) is 63.4 Å². The zero-order chi connectivity index (χ0) is 18.4. The van der Waals surface area contributed by atoms with Crippen molar-refractivity contribution in [3.05, 3.63) is 78.2 Å². The number of ether oxygens (including phenoxy) is 3. The standard InChI is InChI=1S/C23H22O3/c1-24-13-11-18-5-4-6-19(12-14-25-2)23(18)20-8-7-17-9-10-22(26-3)16-21(17)15-20/h4-16H,1-3H3/b13-11+,14-12+. The van der Waals surface area contributed by atoms with Gasteiger partial charge in [0.05, 0.1) is 33.9 Å². The predicted octanol–water partition coefficient (Wildman–Crippen LogP) is 5.75. The van der Waals surface area contributed by atoms with Crippen LogP contribution in [0.25, 0.3) is 34.1 Å². The molecule has 0 N–H and O–H groups in total. The van der Waals surface area contributed by atoms with Crippen LogP contribution in [0.2, 0.25) is 0 Å². The molecule has 26 heavy (non-hydrogen) atoms. The lowest BCUT2D eigenvalue weighted by atomic mass is 9.92. The van der Waals surface area contributed by atoms with Gasteiger partial charge in [0.25, 0.3) is 0 Å². The van der Waals surface area contributed by atoms with E-state index >= 15 is 0 Å². The van der Waals surface area contributed by atoms with Gasteiger partial charge in [-0.1, -0.05) is 36.4 Å². The summed E-state index contributed by atoms with van der Waals surface area (Å²) in [5.41, 5.74) is 4.40. The molecule has 3 nitrogen and oxygen atoms in total. The first-order valence-corrected chi connectivity index (χ1v) is 8.36. The molecule has 0 unspecified atom stereocenters. The highest BCUT2D eigenvalue weighted by molar-refractivity contribution is 5.92. The third kappa shape index (κ3) is 3.72. The third-order valence-corrected chi connectivity index (χ3v) is 4.23. The molecule has 3 heteroatoms. The second-order valence-corrected chi connectivity index (χ2v) is 5.82. The molecule has 0 aliphatic carbocycles. The van der Waals surface area contributed by atoms with Gasteiger partial charge < -0.3 is 14.2 Å². The van der Waals surface area contributed by atoms with Gasteiger partial charge in [-0.2, -0.15) is 0 Å². The molecule has 0 aliphatic heterocycles. The van der Waals surface area contributed by atoms with E-state index in [0.717, 1.165) is 33.4 Å². The Morgan fingerprint density at radius 3 is 1.96 bits per heavy atom. The second kappa shape index (κ2) is 8.26. The average molecular weight is 346 g/mol. The number of fused-ring (bicyclic) bond motifs is 1. The number of hydrogen-bond donors (Lipinski definition) is 0. The van der Waals surface area contributed by atoms with Crippen molar-refractivity contribution in [1.82, 2.24) is 0 Å². The fourth-order valence-corrected chi connectivity index (χ4v) is 2.99. The lowest BCUT2D eigenvalue weighted by Crippen LogP contribution is -1.90. The van der Waals surface area contributed by atoms with E-state index in [2.05, 4.69) is 42.5 Å². The van der Waals surface area contributed by atoms with E-state index in [9.17, 15) is 0 Å².